The molecule has 0 spiro atoms. The molecule has 3 aliphatic rings. The maximum atomic E-state index is 12.3. The summed E-state index contributed by atoms with van der Waals surface area (Å²) in [7, 11) is 0. The lowest BCUT2D eigenvalue weighted by Gasteiger charge is -2.41. The molecule has 1 amide bonds. The number of fused-ring (bicyclic) bond motifs is 2. The fourth-order valence-electron chi connectivity index (χ4n) is 3.29. The van der Waals surface area contributed by atoms with Gasteiger partial charge in [-0.3, -0.25) is 4.79 Å². The number of carbonyl (C=O) groups excluding carboxylic acids is 1. The molecular weight excluding hydrogens is 328 g/mol. The van der Waals surface area contributed by atoms with Gasteiger partial charge < -0.3 is 9.80 Å². The van der Waals surface area contributed by atoms with Gasteiger partial charge >= 0.3 is 0 Å². The number of piperazine rings is 1. The number of hydrogen-bond donors (Lipinski definition) is 0. The molecule has 0 N–H and O–H groups in total. The summed E-state index contributed by atoms with van der Waals surface area (Å²) in [6.45, 7) is 1.83. The molecule has 0 aromatic carbocycles. The van der Waals surface area contributed by atoms with Crippen LogP contribution in [0.3, 0.4) is 0 Å². The van der Waals surface area contributed by atoms with Gasteiger partial charge in [0.1, 0.15) is 0 Å². The predicted octanol–water partition coefficient (Wildman–Crippen LogP) is 1.89. The Morgan fingerprint density at radius 1 is 1.16 bits per heavy atom. The standard InChI is InChI=1S/C12H15BrN4OS/c13-11-14-15-12(19-11)16-5-8-3-4-9(6-16)17(8)10(18)7-1-2-7/h7-9H,1-6H2. The van der Waals surface area contributed by atoms with E-state index in [1.807, 2.05) is 0 Å². The lowest BCUT2D eigenvalue weighted by molar-refractivity contribution is -0.135. The van der Waals surface area contributed by atoms with E-state index in [0.717, 1.165) is 47.8 Å². The van der Waals surface area contributed by atoms with E-state index < -0.39 is 0 Å². The van der Waals surface area contributed by atoms with Gasteiger partial charge in [-0.1, -0.05) is 11.3 Å². The quantitative estimate of drug-likeness (QED) is 0.823. The molecule has 1 aromatic rings. The highest BCUT2D eigenvalue weighted by atomic mass is 79.9. The number of hydrogen-bond acceptors (Lipinski definition) is 5. The van der Waals surface area contributed by atoms with Crippen molar-refractivity contribution in [3.8, 4) is 0 Å². The molecule has 1 aromatic heterocycles. The molecule has 1 aliphatic carbocycles. The second-order valence-corrected chi connectivity index (χ2v) is 7.88. The highest BCUT2D eigenvalue weighted by Gasteiger charge is 2.46. The minimum absolute atomic E-state index is 0.338. The van der Waals surface area contributed by atoms with Gasteiger partial charge in [0.05, 0.1) is 0 Å². The second-order valence-electron chi connectivity index (χ2n) is 5.65. The highest BCUT2D eigenvalue weighted by Crippen LogP contribution is 2.39. The zero-order valence-electron chi connectivity index (χ0n) is 10.5. The van der Waals surface area contributed by atoms with Crippen LogP contribution >= 0.6 is 27.3 Å². The van der Waals surface area contributed by atoms with E-state index in [1.165, 1.54) is 0 Å². The van der Waals surface area contributed by atoms with E-state index in [1.54, 1.807) is 11.3 Å². The first kappa shape index (κ1) is 12.1. The summed E-state index contributed by atoms with van der Waals surface area (Å²) in [5, 5.41) is 9.19. The summed E-state index contributed by atoms with van der Waals surface area (Å²) < 4.78 is 0.825. The highest BCUT2D eigenvalue weighted by molar-refractivity contribution is 9.11. The predicted molar refractivity (Wildman–Crippen MR) is 76.2 cm³/mol. The van der Waals surface area contributed by atoms with Crippen molar-refractivity contribution in [3.63, 3.8) is 0 Å². The van der Waals surface area contributed by atoms with E-state index >= 15 is 0 Å². The first-order valence-corrected chi connectivity index (χ1v) is 8.39. The summed E-state index contributed by atoms with van der Waals surface area (Å²) in [6.07, 6.45) is 4.48. The van der Waals surface area contributed by atoms with Crippen molar-refractivity contribution in [2.24, 2.45) is 5.92 Å². The Bertz CT molecular complexity index is 504. The topological polar surface area (TPSA) is 49.3 Å². The van der Waals surface area contributed by atoms with Gasteiger partial charge in [-0.05, 0) is 41.6 Å². The van der Waals surface area contributed by atoms with Crippen LogP contribution in [0.5, 0.6) is 0 Å². The van der Waals surface area contributed by atoms with E-state index in [9.17, 15) is 4.79 Å². The molecule has 4 rings (SSSR count). The first-order chi connectivity index (χ1) is 9.22. The van der Waals surface area contributed by atoms with Crippen LogP contribution < -0.4 is 4.90 Å². The fraction of sp³-hybridized carbons (Fsp3) is 0.750. The van der Waals surface area contributed by atoms with Crippen LogP contribution in [0.4, 0.5) is 5.13 Å². The van der Waals surface area contributed by atoms with Crippen molar-refractivity contribution in [2.75, 3.05) is 18.0 Å². The summed E-state index contributed by atoms with van der Waals surface area (Å²) >= 11 is 4.93. The SMILES string of the molecule is O=C(C1CC1)N1C2CCC1CN(c1nnc(Br)s1)C2. The molecule has 7 heteroatoms. The van der Waals surface area contributed by atoms with E-state index in [0.29, 0.717) is 23.9 Å². The Hall–Kier alpha value is -0.690. The van der Waals surface area contributed by atoms with Crippen LogP contribution in [0.1, 0.15) is 25.7 Å². The number of anilines is 1. The Morgan fingerprint density at radius 2 is 1.84 bits per heavy atom. The maximum Gasteiger partial charge on any atom is 0.226 e. The molecule has 2 bridgehead atoms. The third kappa shape index (κ3) is 2.07. The molecule has 5 nitrogen and oxygen atoms in total. The van der Waals surface area contributed by atoms with Crippen LogP contribution in [-0.4, -0.2) is 46.2 Å². The number of amides is 1. The Labute approximate surface area is 124 Å². The summed E-state index contributed by atoms with van der Waals surface area (Å²) in [4.78, 5) is 16.8. The van der Waals surface area contributed by atoms with E-state index in [-0.39, 0.29) is 0 Å². The lowest BCUT2D eigenvalue weighted by atomic mass is 10.1. The molecule has 0 radical (unpaired) electrons. The van der Waals surface area contributed by atoms with Crippen molar-refractivity contribution < 1.29 is 4.79 Å². The second kappa shape index (κ2) is 4.41. The summed E-state index contributed by atoms with van der Waals surface area (Å²) in [5.74, 6) is 0.746. The monoisotopic (exact) mass is 342 g/mol. The van der Waals surface area contributed by atoms with Crippen molar-refractivity contribution in [1.82, 2.24) is 15.1 Å². The Balaban J connectivity index is 1.53. The van der Waals surface area contributed by atoms with Crippen LogP contribution in [0, 0.1) is 5.92 Å². The number of aromatic nitrogens is 2. The molecule has 3 fully saturated rings. The smallest absolute Gasteiger partial charge is 0.226 e. The van der Waals surface area contributed by atoms with Gasteiger partial charge in [0.2, 0.25) is 11.0 Å². The van der Waals surface area contributed by atoms with E-state index in [2.05, 4.69) is 35.9 Å². The normalized spacial score (nSPS) is 29.9. The average molecular weight is 343 g/mol. The summed E-state index contributed by atoms with van der Waals surface area (Å²) in [5.41, 5.74) is 0. The lowest BCUT2D eigenvalue weighted by Crippen LogP contribution is -2.56. The molecule has 2 unspecified atom stereocenters. The van der Waals surface area contributed by atoms with Gasteiger partial charge in [-0.25, -0.2) is 0 Å². The van der Waals surface area contributed by atoms with Gasteiger partial charge in [0.15, 0.2) is 3.92 Å². The molecule has 1 saturated carbocycles. The Morgan fingerprint density at radius 3 is 2.37 bits per heavy atom. The minimum atomic E-state index is 0.338. The Kier molecular flexibility index (Phi) is 2.80. The third-order valence-electron chi connectivity index (χ3n) is 4.32. The average Bonchev–Trinajstić information content (AvgIpc) is 3.11. The van der Waals surface area contributed by atoms with Crippen molar-refractivity contribution >= 4 is 38.3 Å². The zero-order chi connectivity index (χ0) is 13.0. The van der Waals surface area contributed by atoms with Crippen LogP contribution in [0.25, 0.3) is 0 Å². The third-order valence-corrected chi connectivity index (χ3v) is 5.74. The van der Waals surface area contributed by atoms with E-state index in [4.69, 9.17) is 0 Å². The molecule has 19 heavy (non-hydrogen) atoms. The van der Waals surface area contributed by atoms with Gasteiger partial charge in [-0.2, -0.15) is 0 Å². The van der Waals surface area contributed by atoms with Crippen LogP contribution in [0.2, 0.25) is 0 Å². The maximum absolute atomic E-state index is 12.3. The number of halogens is 1. The molecule has 102 valence electrons. The van der Waals surface area contributed by atoms with Crippen molar-refractivity contribution in [1.29, 1.82) is 0 Å². The van der Waals surface area contributed by atoms with Crippen LogP contribution in [-0.2, 0) is 4.79 Å². The molecule has 2 atom stereocenters. The number of nitrogens with zero attached hydrogens (tertiary/aromatic N) is 4. The minimum Gasteiger partial charge on any atom is -0.343 e. The number of rotatable bonds is 2. The fourth-order valence-corrected chi connectivity index (χ4v) is 4.39. The zero-order valence-corrected chi connectivity index (χ0v) is 12.9. The van der Waals surface area contributed by atoms with Crippen molar-refractivity contribution in [2.45, 2.75) is 37.8 Å². The van der Waals surface area contributed by atoms with Crippen LogP contribution in [0.15, 0.2) is 3.92 Å². The largest absolute Gasteiger partial charge is 0.343 e. The summed E-state index contributed by atoms with van der Waals surface area (Å²) in [6, 6.07) is 0.768. The number of carbonyl (C=O) groups is 1. The molecule has 2 saturated heterocycles. The van der Waals surface area contributed by atoms with Gasteiger partial charge in [-0.15, -0.1) is 10.2 Å². The molecule has 3 heterocycles. The molecule has 2 aliphatic heterocycles. The molecular formula is C12H15BrN4OS. The van der Waals surface area contributed by atoms with Gasteiger partial charge in [0, 0.05) is 31.1 Å². The van der Waals surface area contributed by atoms with Crippen molar-refractivity contribution in [3.05, 3.63) is 3.92 Å². The van der Waals surface area contributed by atoms with Gasteiger partial charge in [0.25, 0.3) is 0 Å². The first-order valence-electron chi connectivity index (χ1n) is 6.78.